The maximum atomic E-state index is 9.70. The van der Waals surface area contributed by atoms with E-state index in [0.717, 1.165) is 47.4 Å². The number of benzene rings is 1. The van der Waals surface area contributed by atoms with Crippen LogP contribution in [0.5, 0.6) is 0 Å². The molecule has 25 heavy (non-hydrogen) atoms. The number of rotatable bonds is 7. The van der Waals surface area contributed by atoms with Crippen LogP contribution in [-0.4, -0.2) is 28.2 Å². The third-order valence-electron chi connectivity index (χ3n) is 4.50. The van der Waals surface area contributed by atoms with E-state index in [2.05, 4.69) is 34.4 Å². The maximum absolute atomic E-state index is 9.70. The first-order chi connectivity index (χ1) is 12.1. The molecule has 0 saturated heterocycles. The van der Waals surface area contributed by atoms with Gasteiger partial charge in [-0.15, -0.1) is 0 Å². The second kappa shape index (κ2) is 7.84. The van der Waals surface area contributed by atoms with Gasteiger partial charge in [0.2, 0.25) is 5.95 Å². The van der Waals surface area contributed by atoms with Gasteiger partial charge in [0.1, 0.15) is 5.82 Å². The molecule has 2 aromatic rings. The first-order valence-corrected chi connectivity index (χ1v) is 8.90. The minimum Gasteiger partial charge on any atom is -0.423 e. The molecule has 1 aromatic carbocycles. The van der Waals surface area contributed by atoms with Crippen molar-refractivity contribution in [3.8, 4) is 0 Å². The van der Waals surface area contributed by atoms with Crippen LogP contribution in [-0.2, 0) is 11.3 Å². The largest absolute Gasteiger partial charge is 0.491 e. The fraction of sp³-hybridized carbons (Fsp3) is 0.444. The van der Waals surface area contributed by atoms with Crippen LogP contribution in [0.3, 0.4) is 0 Å². The molecule has 3 N–H and O–H groups in total. The Balaban J connectivity index is 1.76. The summed E-state index contributed by atoms with van der Waals surface area (Å²) in [6, 6.07) is 6.16. The first-order valence-electron chi connectivity index (χ1n) is 8.90. The summed E-state index contributed by atoms with van der Waals surface area (Å²) in [6.45, 7) is 6.81. The number of aryl methyl sites for hydroxylation is 1. The lowest BCUT2D eigenvalue weighted by molar-refractivity contribution is 0.275. The van der Waals surface area contributed by atoms with Gasteiger partial charge in [-0.3, -0.25) is 0 Å². The standard InChI is InChI=1S/C18H25BN4O2/c1-4-6-14(5-2)21-17-12(3)10-20-18(23-17)22-15-7-8-16-13(9-15)11-25-19(16)24/h7-10,14,24H,4-6,11H2,1-3H3,(H2,20,21,22,23). The monoisotopic (exact) mass is 340 g/mol. The van der Waals surface area contributed by atoms with E-state index < -0.39 is 7.12 Å². The zero-order valence-corrected chi connectivity index (χ0v) is 15.0. The molecule has 7 heteroatoms. The van der Waals surface area contributed by atoms with Crippen molar-refractivity contribution >= 4 is 30.0 Å². The Hall–Kier alpha value is -2.12. The zero-order chi connectivity index (χ0) is 17.8. The highest BCUT2D eigenvalue weighted by Crippen LogP contribution is 2.21. The van der Waals surface area contributed by atoms with Gasteiger partial charge < -0.3 is 20.3 Å². The van der Waals surface area contributed by atoms with Crippen molar-refractivity contribution in [2.45, 2.75) is 52.7 Å². The van der Waals surface area contributed by atoms with Crippen molar-refractivity contribution < 1.29 is 9.68 Å². The minimum atomic E-state index is -0.819. The van der Waals surface area contributed by atoms with Crippen molar-refractivity contribution in [2.24, 2.45) is 0 Å². The quantitative estimate of drug-likeness (QED) is 0.673. The summed E-state index contributed by atoms with van der Waals surface area (Å²) >= 11 is 0. The smallest absolute Gasteiger partial charge is 0.423 e. The molecule has 1 atom stereocenters. The molecule has 0 bridgehead atoms. The Kier molecular flexibility index (Phi) is 5.55. The summed E-state index contributed by atoms with van der Waals surface area (Å²) in [4.78, 5) is 9.01. The second-order valence-electron chi connectivity index (χ2n) is 6.47. The van der Waals surface area contributed by atoms with E-state index in [0.29, 0.717) is 18.6 Å². The molecule has 1 aliphatic rings. The highest BCUT2D eigenvalue weighted by molar-refractivity contribution is 6.61. The number of nitrogens with one attached hydrogen (secondary N) is 2. The number of nitrogens with zero attached hydrogens (tertiary/aromatic N) is 2. The number of hydrogen-bond donors (Lipinski definition) is 3. The third-order valence-corrected chi connectivity index (χ3v) is 4.50. The molecule has 6 nitrogen and oxygen atoms in total. The fourth-order valence-electron chi connectivity index (χ4n) is 3.01. The van der Waals surface area contributed by atoms with Gasteiger partial charge in [0.25, 0.3) is 0 Å². The van der Waals surface area contributed by atoms with Crippen LogP contribution in [0.2, 0.25) is 0 Å². The van der Waals surface area contributed by atoms with Gasteiger partial charge in [0.05, 0.1) is 6.61 Å². The molecule has 1 aromatic heterocycles. The van der Waals surface area contributed by atoms with Crippen molar-refractivity contribution in [3.05, 3.63) is 35.5 Å². The van der Waals surface area contributed by atoms with Gasteiger partial charge in [-0.2, -0.15) is 4.98 Å². The summed E-state index contributed by atoms with van der Waals surface area (Å²) in [6.07, 6.45) is 5.16. The van der Waals surface area contributed by atoms with E-state index in [-0.39, 0.29) is 0 Å². The van der Waals surface area contributed by atoms with Crippen LogP contribution < -0.4 is 16.1 Å². The van der Waals surface area contributed by atoms with Crippen molar-refractivity contribution in [2.75, 3.05) is 10.6 Å². The van der Waals surface area contributed by atoms with Gasteiger partial charge in [-0.25, -0.2) is 4.98 Å². The Morgan fingerprint density at radius 3 is 2.96 bits per heavy atom. The lowest BCUT2D eigenvalue weighted by atomic mass is 9.79. The average Bonchev–Trinajstić information content (AvgIpc) is 2.98. The SMILES string of the molecule is CCCC(CC)Nc1nc(Nc2ccc3c(c2)COB3O)ncc1C. The van der Waals surface area contributed by atoms with Crippen molar-refractivity contribution in [1.82, 2.24) is 9.97 Å². The fourth-order valence-corrected chi connectivity index (χ4v) is 3.01. The number of hydrogen-bond acceptors (Lipinski definition) is 6. The minimum absolute atomic E-state index is 0.419. The summed E-state index contributed by atoms with van der Waals surface area (Å²) in [5, 5.41) is 16.5. The molecule has 1 unspecified atom stereocenters. The molecule has 1 aliphatic heterocycles. The van der Waals surface area contributed by atoms with Crippen LogP contribution in [0.4, 0.5) is 17.5 Å². The number of anilines is 3. The first kappa shape index (κ1) is 17.7. The predicted molar refractivity (Wildman–Crippen MR) is 101 cm³/mol. The topological polar surface area (TPSA) is 79.3 Å². The van der Waals surface area contributed by atoms with Crippen molar-refractivity contribution in [3.63, 3.8) is 0 Å². The van der Waals surface area contributed by atoms with E-state index in [9.17, 15) is 5.02 Å². The molecule has 0 spiro atoms. The van der Waals surface area contributed by atoms with Crippen LogP contribution in [0.25, 0.3) is 0 Å². The van der Waals surface area contributed by atoms with Gasteiger partial charge >= 0.3 is 7.12 Å². The van der Waals surface area contributed by atoms with E-state index in [4.69, 9.17) is 4.65 Å². The Morgan fingerprint density at radius 2 is 2.20 bits per heavy atom. The maximum Gasteiger partial charge on any atom is 0.491 e. The molecular formula is C18H25BN4O2. The molecular weight excluding hydrogens is 315 g/mol. The molecule has 0 aliphatic carbocycles. The summed E-state index contributed by atoms with van der Waals surface area (Å²) in [7, 11) is -0.819. The van der Waals surface area contributed by atoms with Crippen molar-refractivity contribution in [1.29, 1.82) is 0 Å². The molecule has 0 radical (unpaired) electrons. The molecule has 0 saturated carbocycles. The Morgan fingerprint density at radius 1 is 1.36 bits per heavy atom. The van der Waals surface area contributed by atoms with Crippen LogP contribution in [0.1, 0.15) is 44.2 Å². The van der Waals surface area contributed by atoms with Gasteiger partial charge in [-0.1, -0.05) is 26.3 Å². The van der Waals surface area contributed by atoms with Crippen LogP contribution >= 0.6 is 0 Å². The van der Waals surface area contributed by atoms with Gasteiger partial charge in [-0.05, 0) is 42.9 Å². The number of fused-ring (bicyclic) bond motifs is 1. The lowest BCUT2D eigenvalue weighted by Crippen LogP contribution is -2.27. The zero-order valence-electron chi connectivity index (χ0n) is 15.0. The van der Waals surface area contributed by atoms with Gasteiger partial charge in [0.15, 0.2) is 0 Å². The van der Waals surface area contributed by atoms with Crippen LogP contribution in [0.15, 0.2) is 24.4 Å². The van der Waals surface area contributed by atoms with E-state index >= 15 is 0 Å². The third kappa shape index (κ3) is 4.11. The number of aromatic nitrogens is 2. The highest BCUT2D eigenvalue weighted by Gasteiger charge is 2.27. The molecule has 0 amide bonds. The highest BCUT2D eigenvalue weighted by atomic mass is 16.5. The summed E-state index contributed by atoms with van der Waals surface area (Å²) in [5.41, 5.74) is 3.72. The second-order valence-corrected chi connectivity index (χ2v) is 6.47. The normalized spacial score (nSPS) is 14.3. The lowest BCUT2D eigenvalue weighted by Gasteiger charge is -2.18. The molecule has 132 valence electrons. The molecule has 2 heterocycles. The summed E-state index contributed by atoms with van der Waals surface area (Å²) < 4.78 is 5.23. The van der Waals surface area contributed by atoms with E-state index in [1.807, 2.05) is 31.3 Å². The Bertz CT molecular complexity index is 741. The molecule has 0 fully saturated rings. The Labute approximate surface area is 149 Å². The van der Waals surface area contributed by atoms with E-state index in [1.54, 1.807) is 0 Å². The van der Waals surface area contributed by atoms with E-state index in [1.165, 1.54) is 0 Å². The molecule has 3 rings (SSSR count). The predicted octanol–water partition coefficient (Wildman–Crippen LogP) is 2.74. The summed E-state index contributed by atoms with van der Waals surface area (Å²) in [5.74, 6) is 1.43. The average molecular weight is 340 g/mol. The van der Waals surface area contributed by atoms with Gasteiger partial charge in [0, 0.05) is 23.5 Å². The van der Waals surface area contributed by atoms with Crippen LogP contribution in [0, 0.1) is 6.92 Å².